The summed E-state index contributed by atoms with van der Waals surface area (Å²) in [5, 5.41) is 32.8. The van der Waals surface area contributed by atoms with Gasteiger partial charge >= 0.3 is 11.6 Å². The van der Waals surface area contributed by atoms with Crippen molar-refractivity contribution < 1.29 is 48.1 Å². The monoisotopic (exact) mass is 1080 g/mol. The maximum atomic E-state index is 14.7. The van der Waals surface area contributed by atoms with Crippen molar-refractivity contribution in [1.82, 2.24) is 20.7 Å². The van der Waals surface area contributed by atoms with Crippen molar-refractivity contribution in [1.29, 1.82) is 0 Å². The lowest BCUT2D eigenvalue weighted by Crippen LogP contribution is -2.62. The first-order chi connectivity index (χ1) is 36.6. The van der Waals surface area contributed by atoms with Crippen LogP contribution in [0.1, 0.15) is 62.0 Å². The third-order valence-corrected chi connectivity index (χ3v) is 14.6. The number of carbonyl (C=O) groups excluding carboxylic acids is 4. The molecule has 9 rings (SSSR count). The molecule has 23 heteroatoms. The van der Waals surface area contributed by atoms with Gasteiger partial charge in [-0.15, -0.1) is 0 Å². The second-order valence-corrected chi connectivity index (χ2v) is 19.9. The zero-order chi connectivity index (χ0) is 56.1. The fourth-order valence-electron chi connectivity index (χ4n) is 10.2. The van der Waals surface area contributed by atoms with Crippen LogP contribution in [-0.4, -0.2) is 95.3 Å². The van der Waals surface area contributed by atoms with Crippen LogP contribution in [0.15, 0.2) is 121 Å². The summed E-state index contributed by atoms with van der Waals surface area (Å²) < 4.78 is 15.6. The molecular weight excluding hydrogens is 1020 g/mol. The summed E-state index contributed by atoms with van der Waals surface area (Å²) in [4.78, 5) is 86.3. The van der Waals surface area contributed by atoms with Crippen molar-refractivity contribution in [3.63, 3.8) is 0 Å². The van der Waals surface area contributed by atoms with Crippen molar-refractivity contribution in [2.45, 2.75) is 78.3 Å². The number of halogens is 1. The molecule has 0 spiro atoms. The Bertz CT molecular complexity index is 2930. The summed E-state index contributed by atoms with van der Waals surface area (Å²) >= 11 is 4.92. The number of non-ortho nitro benzene ring substituents is 2. The first kappa shape index (κ1) is 58.1. The van der Waals surface area contributed by atoms with Gasteiger partial charge in [0.1, 0.15) is 23.6 Å². The molecule has 406 valence electrons. The van der Waals surface area contributed by atoms with Crippen LogP contribution in [0.2, 0.25) is 0 Å². The van der Waals surface area contributed by atoms with Crippen LogP contribution in [0.5, 0.6) is 11.5 Å². The molecule has 22 nitrogen and oxygen atoms in total. The summed E-state index contributed by atoms with van der Waals surface area (Å²) in [7, 11) is 5.41. The van der Waals surface area contributed by atoms with E-state index in [1.54, 1.807) is 31.4 Å². The molecule has 0 unspecified atom stereocenters. The van der Waals surface area contributed by atoms with Gasteiger partial charge in [0, 0.05) is 91.6 Å². The number of hydroxylamine groups is 2. The van der Waals surface area contributed by atoms with Gasteiger partial charge in [-0.05, 0) is 132 Å². The Morgan fingerprint density at radius 1 is 0.935 bits per heavy atom. The third kappa shape index (κ3) is 14.6. The van der Waals surface area contributed by atoms with Crippen molar-refractivity contribution in [2.24, 2.45) is 34.2 Å². The number of fused-ring (bicyclic) bond motifs is 2. The predicted octanol–water partition coefficient (Wildman–Crippen LogP) is 10.6. The molecule has 3 saturated carbocycles. The molecule has 1 aliphatic heterocycles. The number of hydrogen-bond donors (Lipinski definition) is 2. The fraction of sp³-hybridized carbons (Fsp3) is 0.389. The minimum absolute atomic E-state index is 0.0358. The molecule has 1 saturated heterocycles. The second kappa shape index (κ2) is 26.1. The Kier molecular flexibility index (Phi) is 19.7. The van der Waals surface area contributed by atoms with E-state index in [0.29, 0.717) is 17.4 Å². The highest BCUT2D eigenvalue weighted by Crippen LogP contribution is 2.61. The summed E-state index contributed by atoms with van der Waals surface area (Å²) in [6.07, 6.45) is 2.56. The molecule has 1 aromatic heterocycles. The van der Waals surface area contributed by atoms with Gasteiger partial charge < -0.3 is 29.7 Å². The fourth-order valence-corrected chi connectivity index (χ4v) is 10.3. The van der Waals surface area contributed by atoms with Crippen LogP contribution in [0, 0.1) is 56.2 Å². The smallest absolute Gasteiger partial charge is 0.430 e. The zero-order valence-corrected chi connectivity index (χ0v) is 44.5. The highest BCUT2D eigenvalue weighted by atomic mass is 35.5. The molecule has 77 heavy (non-hydrogen) atoms. The van der Waals surface area contributed by atoms with Gasteiger partial charge in [-0.2, -0.15) is 5.06 Å². The van der Waals surface area contributed by atoms with Crippen LogP contribution < -0.4 is 25.0 Å². The lowest BCUT2D eigenvalue weighted by Gasteiger charge is -2.62. The number of benzene rings is 4. The Hall–Kier alpha value is -8.17. The Labute approximate surface area is 449 Å². The van der Waals surface area contributed by atoms with E-state index in [9.17, 15) is 44.9 Å². The van der Waals surface area contributed by atoms with Crippen molar-refractivity contribution in [3.8, 4) is 22.6 Å². The molecule has 2 amide bonds. The number of hydrogen-bond acceptors (Lipinski definition) is 16. The van der Waals surface area contributed by atoms with Crippen LogP contribution >= 0.6 is 11.6 Å². The number of ether oxygens (including phenoxy) is 3. The molecule has 4 fully saturated rings. The van der Waals surface area contributed by atoms with E-state index >= 15 is 0 Å². The lowest BCUT2D eigenvalue weighted by molar-refractivity contribution is -0.385. The van der Waals surface area contributed by atoms with Crippen LogP contribution in [0.25, 0.3) is 21.6 Å². The number of nitrogens with zero attached hydrogens (tertiary/aromatic N) is 8. The molecule has 8 atom stereocenters. The first-order valence-corrected chi connectivity index (χ1v) is 25.0. The third-order valence-electron chi connectivity index (χ3n) is 14.5. The highest BCUT2D eigenvalue weighted by molar-refractivity contribution is 6.61. The molecule has 2 bridgehead atoms. The average molecular weight is 1080 g/mol. The van der Waals surface area contributed by atoms with Crippen molar-refractivity contribution in [3.05, 3.63) is 163 Å². The van der Waals surface area contributed by atoms with Gasteiger partial charge in [-0.3, -0.25) is 39.6 Å². The Balaban J connectivity index is 0.000000422. The van der Waals surface area contributed by atoms with Crippen LogP contribution in [0.4, 0.5) is 26.7 Å². The number of carbonyl (C=O) groups is 4. The number of nitro benzene ring substituents is 2. The van der Waals surface area contributed by atoms with E-state index in [4.69, 9.17) is 25.9 Å². The van der Waals surface area contributed by atoms with E-state index in [1.807, 2.05) is 80.5 Å². The Morgan fingerprint density at radius 3 is 2.06 bits per heavy atom. The SMILES string of the molecule is CNC(=O)c1cc(-c2cccc(CN3O[C@@H](CN=[N+]=[N-])[C@@H]([C@H](C)OC(=O)Oc4ccc([N+](=O)[O-])cc4)[C@H]3C(=O)N[C@H]3C[C@H]4C[C@@H]([C@@H]3C)C4(C)C)c2C)cc(N(C)C)c1.O=C(Cl)Oc1ccc([N+](=O)[O-])cc1.c1ccncc1. The maximum absolute atomic E-state index is 14.7. The van der Waals surface area contributed by atoms with Crippen molar-refractivity contribution in [2.75, 3.05) is 32.6 Å². The second-order valence-electron chi connectivity index (χ2n) is 19.6. The molecule has 0 radical (unpaired) electrons. The average Bonchev–Trinajstić information content (AvgIpc) is 3.80. The Morgan fingerprint density at radius 2 is 1.56 bits per heavy atom. The van der Waals surface area contributed by atoms with E-state index in [2.05, 4.69) is 51.2 Å². The molecule has 5 aromatic rings. The lowest BCUT2D eigenvalue weighted by atomic mass is 9.45. The number of rotatable bonds is 15. The molecule has 4 aliphatic rings. The molecule has 2 heterocycles. The minimum atomic E-state index is -1.08. The number of pyridine rings is 1. The topological polar surface area (TPSA) is 284 Å². The van der Waals surface area contributed by atoms with Gasteiger partial charge in [-0.1, -0.05) is 50.2 Å². The van der Waals surface area contributed by atoms with Gasteiger partial charge in [0.2, 0.25) is 5.91 Å². The zero-order valence-electron chi connectivity index (χ0n) is 43.8. The number of azide groups is 1. The standard InChI is InChI=1S/C42H52N8O8.C7H4ClNO4.C5H5N/c1-23-26(10-9-11-33(23)27-16-28(39(51)44-6)18-31(17-27)48(7)8)22-49-38(40(52)46-35-20-29-19-34(24(35)2)42(29,4)5)37(36(58-49)21-45-47-43)25(3)56-41(53)57-32-14-12-30(13-15-32)50(54)55;8-7(10)13-6-3-1-5(2-4-6)9(11)12;1-2-4-6-5-3-1/h9-18,24-25,29,34-38H,19-22H2,1-8H3,(H,44,51)(H,46,52);1-4H;1-5H/t24-,25-,29+,34-,35-,36-,37+,38-;;/m0../s1. The number of nitrogens with one attached hydrogen (secondary N) is 2. The minimum Gasteiger partial charge on any atom is -0.430 e. The highest BCUT2D eigenvalue weighted by Gasteiger charge is 2.57. The summed E-state index contributed by atoms with van der Waals surface area (Å²) in [5.41, 5.74) is 13.1. The molecule has 4 aromatic carbocycles. The van der Waals surface area contributed by atoms with Gasteiger partial charge in [0.05, 0.1) is 35.0 Å². The van der Waals surface area contributed by atoms with Crippen LogP contribution in [0.3, 0.4) is 0 Å². The number of anilines is 1. The maximum Gasteiger partial charge on any atom is 0.514 e. The normalized spacial score (nSPS) is 21.0. The quantitative estimate of drug-likeness (QED) is 0.0144. The van der Waals surface area contributed by atoms with E-state index in [-0.39, 0.29) is 65.2 Å². The van der Waals surface area contributed by atoms with E-state index in [0.717, 1.165) is 40.8 Å². The van der Waals surface area contributed by atoms with E-state index < -0.39 is 45.6 Å². The van der Waals surface area contributed by atoms with Gasteiger partial charge in [0.25, 0.3) is 17.3 Å². The van der Waals surface area contributed by atoms with Crippen molar-refractivity contribution >= 4 is 52.1 Å². The summed E-state index contributed by atoms with van der Waals surface area (Å²) in [6.45, 7) is 10.4. The molecule has 3 aliphatic carbocycles. The van der Waals surface area contributed by atoms with Gasteiger partial charge in [0.15, 0.2) is 0 Å². The largest absolute Gasteiger partial charge is 0.514 e. The summed E-state index contributed by atoms with van der Waals surface area (Å²) in [6, 6.07) is 26.2. The summed E-state index contributed by atoms with van der Waals surface area (Å²) in [5.74, 6) is 0.0778. The van der Waals surface area contributed by atoms with Crippen LogP contribution in [-0.2, 0) is 20.9 Å². The van der Waals surface area contributed by atoms with E-state index in [1.165, 1.54) is 48.5 Å². The number of amides is 2. The first-order valence-electron chi connectivity index (χ1n) is 24.6. The predicted molar refractivity (Wildman–Crippen MR) is 286 cm³/mol. The van der Waals surface area contributed by atoms with Gasteiger partial charge in [-0.25, -0.2) is 9.59 Å². The number of aromatic nitrogens is 1. The molecule has 2 N–H and O–H groups in total. The number of nitro groups is 2. The molecular formula is C54H61ClN10O12.